The van der Waals surface area contributed by atoms with Gasteiger partial charge in [0.25, 0.3) is 10.0 Å². The lowest BCUT2D eigenvalue weighted by molar-refractivity contribution is 0.601. The summed E-state index contributed by atoms with van der Waals surface area (Å²) in [5.41, 5.74) is 3.53. The Bertz CT molecular complexity index is 698. The summed E-state index contributed by atoms with van der Waals surface area (Å²) >= 11 is 6.62. The maximum Gasteiger partial charge on any atom is 0.261 e. The standard InChI is InChI=1S/C12H11Br2N3O2S/c13-10-2-1-3-11(14)12(10)17-20(18,19)9-6-4-8(16-15)5-7-9/h1-7,16-17H,15H2. The number of para-hydroxylation sites is 1. The topological polar surface area (TPSA) is 84.2 Å². The van der Waals surface area contributed by atoms with Crippen molar-refractivity contribution in [3.05, 3.63) is 51.4 Å². The van der Waals surface area contributed by atoms with Crippen LogP contribution in [0.3, 0.4) is 0 Å². The van der Waals surface area contributed by atoms with Crippen LogP contribution < -0.4 is 16.0 Å². The highest BCUT2D eigenvalue weighted by molar-refractivity contribution is 9.11. The number of hydrogen-bond acceptors (Lipinski definition) is 4. The van der Waals surface area contributed by atoms with Gasteiger partial charge in [0, 0.05) is 14.6 Å². The summed E-state index contributed by atoms with van der Waals surface area (Å²) in [6, 6.07) is 11.4. The van der Waals surface area contributed by atoms with E-state index in [0.29, 0.717) is 20.3 Å². The molecule has 0 spiro atoms. The van der Waals surface area contributed by atoms with Gasteiger partial charge >= 0.3 is 0 Å². The molecule has 0 saturated heterocycles. The van der Waals surface area contributed by atoms with E-state index in [9.17, 15) is 8.42 Å². The fourth-order valence-corrected chi connectivity index (χ4v) is 4.08. The summed E-state index contributed by atoms with van der Waals surface area (Å²) in [5, 5.41) is 0. The molecule has 5 nitrogen and oxygen atoms in total. The van der Waals surface area contributed by atoms with Crippen molar-refractivity contribution in [1.29, 1.82) is 0 Å². The SMILES string of the molecule is NNc1ccc(S(=O)(=O)Nc2c(Br)cccc2Br)cc1. The molecular formula is C12H11Br2N3O2S. The van der Waals surface area contributed by atoms with Crippen LogP contribution in [0.2, 0.25) is 0 Å². The summed E-state index contributed by atoms with van der Waals surface area (Å²) in [4.78, 5) is 0.152. The minimum atomic E-state index is -3.66. The van der Waals surface area contributed by atoms with Gasteiger partial charge in [-0.1, -0.05) is 6.07 Å². The highest BCUT2D eigenvalue weighted by Gasteiger charge is 2.17. The van der Waals surface area contributed by atoms with Crippen molar-refractivity contribution in [2.45, 2.75) is 4.90 Å². The molecular weight excluding hydrogens is 410 g/mol. The molecule has 0 atom stereocenters. The van der Waals surface area contributed by atoms with Crippen LogP contribution in [-0.2, 0) is 10.0 Å². The van der Waals surface area contributed by atoms with E-state index in [1.165, 1.54) is 12.1 Å². The van der Waals surface area contributed by atoms with Crippen LogP contribution in [0, 0.1) is 0 Å². The lowest BCUT2D eigenvalue weighted by Crippen LogP contribution is -2.14. The van der Waals surface area contributed by atoms with Crippen molar-refractivity contribution >= 4 is 53.3 Å². The first-order valence-corrected chi connectivity index (χ1v) is 8.54. The van der Waals surface area contributed by atoms with Gasteiger partial charge in [-0.15, -0.1) is 0 Å². The molecule has 0 aromatic heterocycles. The van der Waals surface area contributed by atoms with E-state index in [-0.39, 0.29) is 4.90 Å². The van der Waals surface area contributed by atoms with Crippen molar-refractivity contribution in [1.82, 2.24) is 0 Å². The number of rotatable bonds is 4. The van der Waals surface area contributed by atoms with Gasteiger partial charge in [0.15, 0.2) is 0 Å². The lowest BCUT2D eigenvalue weighted by Gasteiger charge is -2.12. The second kappa shape index (κ2) is 6.13. The van der Waals surface area contributed by atoms with Gasteiger partial charge in [0.1, 0.15) is 0 Å². The Morgan fingerprint density at radius 1 is 0.950 bits per heavy atom. The van der Waals surface area contributed by atoms with Crippen molar-refractivity contribution in [2.24, 2.45) is 5.84 Å². The van der Waals surface area contributed by atoms with Crippen LogP contribution in [0.4, 0.5) is 11.4 Å². The molecule has 0 amide bonds. The highest BCUT2D eigenvalue weighted by atomic mass is 79.9. The number of nitrogen functional groups attached to an aromatic ring is 1. The minimum absolute atomic E-state index is 0.152. The van der Waals surface area contributed by atoms with Gasteiger partial charge in [0.2, 0.25) is 0 Å². The number of hydrogen-bond donors (Lipinski definition) is 3. The molecule has 2 aromatic rings. The monoisotopic (exact) mass is 419 g/mol. The van der Waals surface area contributed by atoms with E-state index < -0.39 is 10.0 Å². The fraction of sp³-hybridized carbons (Fsp3) is 0. The van der Waals surface area contributed by atoms with E-state index in [4.69, 9.17) is 5.84 Å². The predicted molar refractivity (Wildman–Crippen MR) is 86.9 cm³/mol. The Labute approximate surface area is 133 Å². The van der Waals surface area contributed by atoms with Gasteiger partial charge in [0.05, 0.1) is 10.6 Å². The van der Waals surface area contributed by atoms with Gasteiger partial charge < -0.3 is 5.43 Å². The highest BCUT2D eigenvalue weighted by Crippen LogP contribution is 2.32. The first kappa shape index (κ1) is 15.3. The van der Waals surface area contributed by atoms with Crippen molar-refractivity contribution in [3.63, 3.8) is 0 Å². The fourth-order valence-electron chi connectivity index (χ4n) is 1.52. The number of nitrogens with two attached hydrogens (primary N) is 1. The number of anilines is 2. The Morgan fingerprint density at radius 2 is 1.50 bits per heavy atom. The molecule has 0 heterocycles. The van der Waals surface area contributed by atoms with Crippen LogP contribution in [0.25, 0.3) is 0 Å². The molecule has 106 valence electrons. The first-order valence-electron chi connectivity index (χ1n) is 5.47. The Balaban J connectivity index is 2.35. The van der Waals surface area contributed by atoms with E-state index in [1.807, 2.05) is 0 Å². The molecule has 20 heavy (non-hydrogen) atoms. The van der Waals surface area contributed by atoms with E-state index in [2.05, 4.69) is 42.0 Å². The largest absolute Gasteiger partial charge is 0.324 e. The third-order valence-electron chi connectivity index (χ3n) is 2.53. The van der Waals surface area contributed by atoms with Gasteiger partial charge in [-0.3, -0.25) is 10.6 Å². The van der Waals surface area contributed by atoms with E-state index in [1.54, 1.807) is 30.3 Å². The second-order valence-corrected chi connectivity index (χ2v) is 7.26. The molecule has 0 fully saturated rings. The van der Waals surface area contributed by atoms with Crippen molar-refractivity contribution < 1.29 is 8.42 Å². The maximum absolute atomic E-state index is 12.3. The van der Waals surface area contributed by atoms with Crippen LogP contribution in [0.5, 0.6) is 0 Å². The summed E-state index contributed by atoms with van der Waals surface area (Å²) in [5.74, 6) is 5.24. The van der Waals surface area contributed by atoms with E-state index in [0.717, 1.165) is 0 Å². The summed E-state index contributed by atoms with van der Waals surface area (Å²) in [7, 11) is -3.66. The lowest BCUT2D eigenvalue weighted by atomic mass is 10.3. The van der Waals surface area contributed by atoms with Crippen LogP contribution in [0.15, 0.2) is 56.3 Å². The van der Waals surface area contributed by atoms with Gasteiger partial charge in [-0.2, -0.15) is 0 Å². The molecule has 4 N–H and O–H groups in total. The molecule has 0 radical (unpaired) electrons. The average Bonchev–Trinajstić information content (AvgIpc) is 2.43. The minimum Gasteiger partial charge on any atom is -0.324 e. The van der Waals surface area contributed by atoms with Crippen LogP contribution >= 0.6 is 31.9 Å². The maximum atomic E-state index is 12.3. The number of sulfonamides is 1. The zero-order valence-corrected chi connectivity index (χ0v) is 14.1. The third kappa shape index (κ3) is 3.32. The van der Waals surface area contributed by atoms with Crippen LogP contribution in [-0.4, -0.2) is 8.42 Å². The molecule has 0 aliphatic carbocycles. The number of hydrazine groups is 1. The second-order valence-electron chi connectivity index (χ2n) is 3.87. The van der Waals surface area contributed by atoms with E-state index >= 15 is 0 Å². The van der Waals surface area contributed by atoms with Gasteiger partial charge in [-0.25, -0.2) is 8.42 Å². The zero-order valence-electron chi connectivity index (χ0n) is 10.1. The first-order chi connectivity index (χ1) is 9.44. The molecule has 0 unspecified atom stereocenters. The molecule has 2 rings (SSSR count). The average molecular weight is 421 g/mol. The normalized spacial score (nSPS) is 11.2. The quantitative estimate of drug-likeness (QED) is 0.523. The Morgan fingerprint density at radius 3 is 2.00 bits per heavy atom. The molecule has 2 aromatic carbocycles. The molecule has 0 aliphatic rings. The Kier molecular flexibility index (Phi) is 4.69. The third-order valence-corrected chi connectivity index (χ3v) is 5.22. The number of nitrogens with one attached hydrogen (secondary N) is 2. The summed E-state index contributed by atoms with van der Waals surface area (Å²) < 4.78 is 28.4. The van der Waals surface area contributed by atoms with Crippen LogP contribution in [0.1, 0.15) is 0 Å². The van der Waals surface area contributed by atoms with Crippen molar-refractivity contribution in [3.8, 4) is 0 Å². The van der Waals surface area contributed by atoms with Crippen molar-refractivity contribution in [2.75, 3.05) is 10.1 Å². The predicted octanol–water partition coefficient (Wildman–Crippen LogP) is 3.30. The smallest absolute Gasteiger partial charge is 0.261 e. The summed E-state index contributed by atoms with van der Waals surface area (Å²) in [6.07, 6.45) is 0. The molecule has 0 aliphatic heterocycles. The zero-order chi connectivity index (χ0) is 14.8. The molecule has 8 heteroatoms. The molecule has 0 saturated carbocycles. The summed E-state index contributed by atoms with van der Waals surface area (Å²) in [6.45, 7) is 0. The number of halogens is 2. The van der Waals surface area contributed by atoms with Gasteiger partial charge in [-0.05, 0) is 68.3 Å². The Hall–Kier alpha value is -1.09. The molecule has 0 bridgehead atoms. The number of benzene rings is 2.